The fourth-order valence-corrected chi connectivity index (χ4v) is 3.04. The Morgan fingerprint density at radius 3 is 2.82 bits per heavy atom. The highest BCUT2D eigenvalue weighted by Crippen LogP contribution is 2.16. The number of amidine groups is 1. The van der Waals surface area contributed by atoms with E-state index in [2.05, 4.69) is 4.99 Å². The third kappa shape index (κ3) is 3.91. The van der Waals surface area contributed by atoms with Gasteiger partial charge in [0.2, 0.25) is 0 Å². The Hall–Kier alpha value is -1.76. The maximum atomic E-state index is 8.03. The molecule has 5 nitrogen and oxygen atoms in total. The molecule has 2 aromatic rings. The summed E-state index contributed by atoms with van der Waals surface area (Å²) >= 11 is 7.03. The van der Waals surface area contributed by atoms with Crippen LogP contribution in [-0.2, 0) is 11.5 Å². The third-order valence-electron chi connectivity index (χ3n) is 2.94. The smallest absolute Gasteiger partial charge is 0.194 e. The van der Waals surface area contributed by atoms with Crippen molar-refractivity contribution in [1.82, 2.24) is 4.57 Å². The monoisotopic (exact) mass is 336 g/mol. The Balaban J connectivity index is 2.51. The standard InChI is InChI=1S/C15H17ClN4OS/c1-3-21-9-20-11-6-4-5-7-12(11)22-15(20)19-14(18)10(2)8-13(16)17/h4-8,17-18H,3,9H2,1-2H3/b10-8-,17-13?,18-14?,19-15?. The van der Waals surface area contributed by atoms with Crippen LogP contribution >= 0.6 is 22.9 Å². The molecule has 1 aromatic heterocycles. The van der Waals surface area contributed by atoms with Crippen molar-refractivity contribution in [3.63, 3.8) is 0 Å². The van der Waals surface area contributed by atoms with Gasteiger partial charge in [-0.1, -0.05) is 35.1 Å². The van der Waals surface area contributed by atoms with Gasteiger partial charge in [0.15, 0.2) is 10.6 Å². The molecule has 0 aliphatic carbocycles. The van der Waals surface area contributed by atoms with E-state index in [0.717, 1.165) is 10.2 Å². The van der Waals surface area contributed by atoms with Crippen LogP contribution in [0.25, 0.3) is 10.2 Å². The van der Waals surface area contributed by atoms with Gasteiger partial charge in [0.1, 0.15) is 11.9 Å². The van der Waals surface area contributed by atoms with Gasteiger partial charge in [0.05, 0.1) is 10.2 Å². The largest absolute Gasteiger partial charge is 0.361 e. The molecule has 0 spiro atoms. The van der Waals surface area contributed by atoms with E-state index >= 15 is 0 Å². The van der Waals surface area contributed by atoms with Crippen molar-refractivity contribution in [3.8, 4) is 0 Å². The molecule has 0 radical (unpaired) electrons. The molecule has 0 unspecified atom stereocenters. The molecule has 22 heavy (non-hydrogen) atoms. The van der Waals surface area contributed by atoms with Crippen LogP contribution in [0, 0.1) is 10.8 Å². The number of hydrogen-bond donors (Lipinski definition) is 2. The minimum atomic E-state index is -0.115. The first-order valence-electron chi connectivity index (χ1n) is 6.75. The maximum absolute atomic E-state index is 8.03. The van der Waals surface area contributed by atoms with Gasteiger partial charge in [0, 0.05) is 6.61 Å². The lowest BCUT2D eigenvalue weighted by Gasteiger charge is -2.05. The zero-order valence-electron chi connectivity index (χ0n) is 12.4. The van der Waals surface area contributed by atoms with Gasteiger partial charge in [-0.3, -0.25) is 15.4 Å². The second-order valence-electron chi connectivity index (χ2n) is 4.54. The zero-order valence-corrected chi connectivity index (χ0v) is 14.0. The molecular formula is C15H17ClN4OS. The van der Waals surface area contributed by atoms with Gasteiger partial charge in [-0.2, -0.15) is 0 Å². The second-order valence-corrected chi connectivity index (χ2v) is 5.95. The van der Waals surface area contributed by atoms with Crippen LogP contribution in [0.4, 0.5) is 0 Å². The van der Waals surface area contributed by atoms with Crippen LogP contribution < -0.4 is 4.80 Å². The number of nitrogens with one attached hydrogen (secondary N) is 2. The number of allylic oxidation sites excluding steroid dienone is 1. The summed E-state index contributed by atoms with van der Waals surface area (Å²) in [5, 5.41) is 15.2. The summed E-state index contributed by atoms with van der Waals surface area (Å²) < 4.78 is 8.53. The quantitative estimate of drug-likeness (QED) is 0.633. The van der Waals surface area contributed by atoms with E-state index in [-0.39, 0.29) is 11.0 Å². The van der Waals surface area contributed by atoms with Gasteiger partial charge < -0.3 is 4.74 Å². The highest BCUT2D eigenvalue weighted by molar-refractivity contribution is 7.16. The van der Waals surface area contributed by atoms with E-state index in [1.165, 1.54) is 17.4 Å². The minimum absolute atomic E-state index is 0.0854. The number of benzene rings is 1. The van der Waals surface area contributed by atoms with Crippen molar-refractivity contribution in [2.75, 3.05) is 6.61 Å². The number of fused-ring (bicyclic) bond motifs is 1. The number of aromatic nitrogens is 1. The van der Waals surface area contributed by atoms with Crippen molar-refractivity contribution >= 4 is 44.2 Å². The third-order valence-corrected chi connectivity index (χ3v) is 4.11. The number of rotatable bonds is 5. The molecule has 2 N–H and O–H groups in total. The Bertz CT molecular complexity index is 803. The molecule has 0 atom stereocenters. The SMILES string of the molecule is CCOCn1c(=NC(=N)/C(C)=C\C(=N)Cl)sc2ccccc21. The van der Waals surface area contributed by atoms with E-state index in [1.54, 1.807) is 6.92 Å². The Labute approximate surface area is 137 Å². The van der Waals surface area contributed by atoms with Crippen molar-refractivity contribution in [1.29, 1.82) is 10.8 Å². The topological polar surface area (TPSA) is 74.2 Å². The number of halogens is 1. The Morgan fingerprint density at radius 1 is 1.41 bits per heavy atom. The highest BCUT2D eigenvalue weighted by atomic mass is 35.5. The van der Waals surface area contributed by atoms with Crippen LogP contribution in [-0.4, -0.2) is 22.2 Å². The van der Waals surface area contributed by atoms with Crippen LogP contribution in [0.1, 0.15) is 13.8 Å². The van der Waals surface area contributed by atoms with E-state index in [9.17, 15) is 0 Å². The van der Waals surface area contributed by atoms with E-state index in [1.807, 2.05) is 35.8 Å². The van der Waals surface area contributed by atoms with Crippen molar-refractivity contribution in [2.24, 2.45) is 4.99 Å². The van der Waals surface area contributed by atoms with Crippen molar-refractivity contribution in [3.05, 3.63) is 40.7 Å². The highest BCUT2D eigenvalue weighted by Gasteiger charge is 2.07. The van der Waals surface area contributed by atoms with Gasteiger partial charge in [-0.25, -0.2) is 4.99 Å². The number of ether oxygens (including phenoxy) is 1. The first-order chi connectivity index (χ1) is 10.5. The van der Waals surface area contributed by atoms with Crippen LogP contribution in [0.15, 0.2) is 40.9 Å². The summed E-state index contributed by atoms with van der Waals surface area (Å²) in [6.45, 7) is 4.65. The van der Waals surface area contributed by atoms with Gasteiger partial charge in [-0.15, -0.1) is 0 Å². The molecule has 0 bridgehead atoms. The minimum Gasteiger partial charge on any atom is -0.361 e. The number of thiazole rings is 1. The van der Waals surface area contributed by atoms with E-state index in [4.69, 9.17) is 27.2 Å². The molecule has 0 aliphatic rings. The van der Waals surface area contributed by atoms with Crippen molar-refractivity contribution < 1.29 is 4.74 Å². The summed E-state index contributed by atoms with van der Waals surface area (Å²) in [7, 11) is 0. The van der Waals surface area contributed by atoms with Crippen molar-refractivity contribution in [2.45, 2.75) is 20.6 Å². The molecule has 0 fully saturated rings. The summed E-state index contributed by atoms with van der Waals surface area (Å²) in [5.74, 6) is 0.0854. The first kappa shape index (κ1) is 16.6. The van der Waals surface area contributed by atoms with Crippen LogP contribution in [0.3, 0.4) is 0 Å². The first-order valence-corrected chi connectivity index (χ1v) is 7.94. The molecule has 116 valence electrons. The molecular weight excluding hydrogens is 320 g/mol. The maximum Gasteiger partial charge on any atom is 0.194 e. The summed E-state index contributed by atoms with van der Waals surface area (Å²) in [6, 6.07) is 7.96. The molecule has 0 saturated heterocycles. The van der Waals surface area contributed by atoms with E-state index in [0.29, 0.717) is 23.7 Å². The lowest BCUT2D eigenvalue weighted by atomic mass is 10.3. The van der Waals surface area contributed by atoms with Crippen LogP contribution in [0.2, 0.25) is 0 Å². The number of nitrogens with zero attached hydrogens (tertiary/aromatic N) is 2. The van der Waals surface area contributed by atoms with Gasteiger partial charge in [-0.05, 0) is 37.6 Å². The Morgan fingerprint density at radius 2 is 2.14 bits per heavy atom. The molecule has 0 amide bonds. The molecule has 2 rings (SSSR count). The lowest BCUT2D eigenvalue weighted by molar-refractivity contribution is 0.0890. The number of para-hydroxylation sites is 1. The molecule has 0 aliphatic heterocycles. The fourth-order valence-electron chi connectivity index (χ4n) is 1.86. The molecule has 7 heteroatoms. The predicted octanol–water partition coefficient (Wildman–Crippen LogP) is 3.74. The summed E-state index contributed by atoms with van der Waals surface area (Å²) in [4.78, 5) is 5.05. The molecule has 1 heterocycles. The normalized spacial score (nSPS) is 12.9. The molecule has 0 saturated carbocycles. The van der Waals surface area contributed by atoms with E-state index < -0.39 is 0 Å². The fraction of sp³-hybridized carbons (Fsp3) is 0.267. The average molecular weight is 337 g/mol. The predicted molar refractivity (Wildman–Crippen MR) is 92.1 cm³/mol. The second kappa shape index (κ2) is 7.49. The number of hydrogen-bond acceptors (Lipinski definition) is 4. The summed E-state index contributed by atoms with van der Waals surface area (Å²) in [6.07, 6.45) is 1.41. The molecule has 1 aromatic carbocycles. The average Bonchev–Trinajstić information content (AvgIpc) is 2.81. The Kier molecular flexibility index (Phi) is 5.65. The lowest BCUT2D eigenvalue weighted by Crippen LogP contribution is -2.18. The zero-order chi connectivity index (χ0) is 16.1. The van der Waals surface area contributed by atoms with Gasteiger partial charge >= 0.3 is 0 Å². The van der Waals surface area contributed by atoms with Crippen LogP contribution in [0.5, 0.6) is 0 Å². The van der Waals surface area contributed by atoms with Gasteiger partial charge in [0.25, 0.3) is 0 Å². The summed E-state index contributed by atoms with van der Waals surface area (Å²) in [5.41, 5.74) is 1.57.